The Balaban J connectivity index is 2.59. The van der Waals surface area contributed by atoms with Crippen molar-refractivity contribution in [3.63, 3.8) is 0 Å². The van der Waals surface area contributed by atoms with E-state index >= 15 is 0 Å². The average molecular weight is 296 g/mol. The van der Waals surface area contributed by atoms with E-state index in [0.717, 1.165) is 5.56 Å². The summed E-state index contributed by atoms with van der Waals surface area (Å²) in [7, 11) is 0. The van der Waals surface area contributed by atoms with E-state index in [9.17, 15) is 8.78 Å². The molecule has 0 aromatic heterocycles. The fourth-order valence-electron chi connectivity index (χ4n) is 2.28. The molecule has 2 rings (SSSR count). The summed E-state index contributed by atoms with van der Waals surface area (Å²) in [6.07, 6.45) is 0. The molecule has 0 fully saturated rings. The van der Waals surface area contributed by atoms with Crippen molar-refractivity contribution in [3.8, 4) is 0 Å². The molecule has 0 saturated heterocycles. The predicted octanol–water partition coefficient (Wildman–Crippen LogP) is 4.63. The highest BCUT2D eigenvalue weighted by Crippen LogP contribution is 2.32. The lowest BCUT2D eigenvalue weighted by molar-refractivity contribution is 0.553. The molecule has 1 atom stereocenters. The number of rotatable bonds is 4. The highest BCUT2D eigenvalue weighted by Gasteiger charge is 2.22. The molecule has 20 heavy (non-hydrogen) atoms. The minimum absolute atomic E-state index is 0.333. The van der Waals surface area contributed by atoms with Crippen LogP contribution in [0.15, 0.2) is 36.4 Å². The summed E-state index contributed by atoms with van der Waals surface area (Å²) in [5, 5.41) is 3.51. The summed E-state index contributed by atoms with van der Waals surface area (Å²) in [6, 6.07) is 8.59. The Kier molecular flexibility index (Phi) is 4.73. The maximum Gasteiger partial charge on any atom is 0.129 e. The van der Waals surface area contributed by atoms with Crippen LogP contribution in [0, 0.1) is 18.6 Å². The molecule has 0 amide bonds. The number of halogens is 3. The van der Waals surface area contributed by atoms with Gasteiger partial charge < -0.3 is 5.32 Å². The fraction of sp³-hybridized carbons (Fsp3) is 0.250. The zero-order valence-corrected chi connectivity index (χ0v) is 12.1. The topological polar surface area (TPSA) is 12.0 Å². The van der Waals surface area contributed by atoms with Crippen LogP contribution in [-0.4, -0.2) is 6.54 Å². The molecule has 4 heteroatoms. The highest BCUT2D eigenvalue weighted by molar-refractivity contribution is 6.31. The number of benzene rings is 2. The molecule has 1 unspecified atom stereocenters. The Labute approximate surface area is 122 Å². The predicted molar refractivity (Wildman–Crippen MR) is 78.1 cm³/mol. The Hall–Kier alpha value is -1.45. The van der Waals surface area contributed by atoms with Crippen LogP contribution in [0.4, 0.5) is 8.78 Å². The number of aryl methyl sites for hydroxylation is 1. The summed E-state index contributed by atoms with van der Waals surface area (Å²) in [6.45, 7) is 4.40. The molecule has 0 aliphatic rings. The lowest BCUT2D eigenvalue weighted by Crippen LogP contribution is -2.24. The molecule has 0 heterocycles. The first-order valence-electron chi connectivity index (χ1n) is 6.48. The third-order valence-corrected chi connectivity index (χ3v) is 3.58. The van der Waals surface area contributed by atoms with Crippen molar-refractivity contribution in [3.05, 3.63) is 69.7 Å². The third-order valence-electron chi connectivity index (χ3n) is 3.25. The van der Waals surface area contributed by atoms with Crippen LogP contribution in [-0.2, 0) is 0 Å². The average Bonchev–Trinajstić information content (AvgIpc) is 2.40. The van der Waals surface area contributed by atoms with Crippen molar-refractivity contribution in [1.82, 2.24) is 5.32 Å². The summed E-state index contributed by atoms with van der Waals surface area (Å²) in [4.78, 5) is 0. The number of hydrogen-bond donors (Lipinski definition) is 1. The lowest BCUT2D eigenvalue weighted by Gasteiger charge is -2.22. The Bertz CT molecular complexity index is 593. The van der Waals surface area contributed by atoms with Crippen LogP contribution in [0.1, 0.15) is 29.7 Å². The molecule has 0 spiro atoms. The summed E-state index contributed by atoms with van der Waals surface area (Å²) in [5.41, 5.74) is 1.93. The van der Waals surface area contributed by atoms with E-state index in [1.54, 1.807) is 18.2 Å². The minimum Gasteiger partial charge on any atom is -0.306 e. The molecule has 0 bridgehead atoms. The van der Waals surface area contributed by atoms with Gasteiger partial charge in [0, 0.05) is 10.6 Å². The van der Waals surface area contributed by atoms with Crippen LogP contribution in [0.25, 0.3) is 0 Å². The van der Waals surface area contributed by atoms with E-state index in [2.05, 4.69) is 5.32 Å². The number of nitrogens with one attached hydrogen (secondary N) is 1. The number of hydrogen-bond acceptors (Lipinski definition) is 1. The van der Waals surface area contributed by atoms with E-state index in [1.165, 1.54) is 18.2 Å². The summed E-state index contributed by atoms with van der Waals surface area (Å²) >= 11 is 6.13. The first-order valence-corrected chi connectivity index (χ1v) is 6.85. The third kappa shape index (κ3) is 3.00. The fourth-order valence-corrected chi connectivity index (χ4v) is 2.55. The molecule has 0 aliphatic heterocycles. The van der Waals surface area contributed by atoms with Crippen LogP contribution in [0.5, 0.6) is 0 Å². The van der Waals surface area contributed by atoms with Crippen molar-refractivity contribution in [2.45, 2.75) is 19.9 Å². The van der Waals surface area contributed by atoms with Crippen molar-refractivity contribution in [2.75, 3.05) is 6.54 Å². The van der Waals surface area contributed by atoms with Gasteiger partial charge in [0.2, 0.25) is 0 Å². The largest absolute Gasteiger partial charge is 0.306 e. The van der Waals surface area contributed by atoms with Gasteiger partial charge in [0.05, 0.1) is 6.04 Å². The normalized spacial score (nSPS) is 12.4. The van der Waals surface area contributed by atoms with Gasteiger partial charge in [0.1, 0.15) is 11.6 Å². The molecule has 106 valence electrons. The Morgan fingerprint density at radius 1 is 1.20 bits per heavy atom. The van der Waals surface area contributed by atoms with E-state index in [0.29, 0.717) is 22.7 Å². The first kappa shape index (κ1) is 14.9. The second-order valence-electron chi connectivity index (χ2n) is 4.63. The van der Waals surface area contributed by atoms with E-state index in [4.69, 9.17) is 11.6 Å². The van der Waals surface area contributed by atoms with Gasteiger partial charge in [-0.2, -0.15) is 0 Å². The van der Waals surface area contributed by atoms with Crippen molar-refractivity contribution < 1.29 is 8.78 Å². The van der Waals surface area contributed by atoms with Crippen molar-refractivity contribution >= 4 is 11.6 Å². The van der Waals surface area contributed by atoms with Gasteiger partial charge in [0.15, 0.2) is 0 Å². The van der Waals surface area contributed by atoms with Gasteiger partial charge in [-0.15, -0.1) is 0 Å². The maximum absolute atomic E-state index is 14.1. The second-order valence-corrected chi connectivity index (χ2v) is 5.03. The maximum atomic E-state index is 14.1. The first-order chi connectivity index (χ1) is 9.54. The van der Waals surface area contributed by atoms with Gasteiger partial charge >= 0.3 is 0 Å². The van der Waals surface area contributed by atoms with Crippen molar-refractivity contribution in [2.24, 2.45) is 0 Å². The van der Waals surface area contributed by atoms with Crippen LogP contribution in [0.3, 0.4) is 0 Å². The molecule has 2 aromatic rings. The standard InChI is InChI=1S/C16H16ClF2N/c1-3-20-16(12-9-11(18)8-7-10(12)2)15-13(17)5-4-6-14(15)19/h4-9,16,20H,3H2,1-2H3. The molecule has 0 aliphatic carbocycles. The van der Waals surface area contributed by atoms with Crippen molar-refractivity contribution in [1.29, 1.82) is 0 Å². The SMILES string of the molecule is CCNC(c1cc(F)ccc1C)c1c(F)cccc1Cl. The molecular weight excluding hydrogens is 280 g/mol. The highest BCUT2D eigenvalue weighted by atomic mass is 35.5. The van der Waals surface area contributed by atoms with Gasteiger partial charge in [-0.25, -0.2) is 8.78 Å². The smallest absolute Gasteiger partial charge is 0.129 e. The van der Waals surface area contributed by atoms with Crippen LogP contribution >= 0.6 is 11.6 Å². The zero-order valence-electron chi connectivity index (χ0n) is 11.4. The van der Waals surface area contributed by atoms with Gasteiger partial charge in [-0.3, -0.25) is 0 Å². The van der Waals surface area contributed by atoms with E-state index in [-0.39, 0.29) is 5.82 Å². The summed E-state index contributed by atoms with van der Waals surface area (Å²) < 4.78 is 27.6. The zero-order chi connectivity index (χ0) is 14.7. The minimum atomic E-state index is -0.468. The molecule has 2 aromatic carbocycles. The Morgan fingerprint density at radius 2 is 1.95 bits per heavy atom. The molecule has 1 N–H and O–H groups in total. The van der Waals surface area contributed by atoms with Crippen LogP contribution in [0.2, 0.25) is 5.02 Å². The van der Waals surface area contributed by atoms with Gasteiger partial charge in [0.25, 0.3) is 0 Å². The Morgan fingerprint density at radius 3 is 2.60 bits per heavy atom. The monoisotopic (exact) mass is 295 g/mol. The van der Waals surface area contributed by atoms with Gasteiger partial charge in [-0.1, -0.05) is 30.7 Å². The van der Waals surface area contributed by atoms with E-state index < -0.39 is 11.9 Å². The second kappa shape index (κ2) is 6.33. The molecule has 0 radical (unpaired) electrons. The van der Waals surface area contributed by atoms with E-state index in [1.807, 2.05) is 13.8 Å². The molecule has 0 saturated carbocycles. The summed E-state index contributed by atoms with van der Waals surface area (Å²) in [5.74, 6) is -0.743. The lowest BCUT2D eigenvalue weighted by atomic mass is 9.94. The quantitative estimate of drug-likeness (QED) is 0.867. The molecule has 1 nitrogen and oxygen atoms in total. The van der Waals surface area contributed by atoms with Crippen LogP contribution < -0.4 is 5.32 Å². The molecular formula is C16H16ClF2N. The van der Waals surface area contributed by atoms with Gasteiger partial charge in [-0.05, 0) is 48.9 Å².